The number of aliphatic hydroxyl groups is 2. The third-order valence-electron chi connectivity index (χ3n) is 2.97. The van der Waals surface area contributed by atoms with Crippen molar-refractivity contribution < 1.29 is 20.1 Å². The van der Waals surface area contributed by atoms with Crippen LogP contribution in [0.1, 0.15) is 25.5 Å². The highest BCUT2D eigenvalue weighted by molar-refractivity contribution is 5.41. The van der Waals surface area contributed by atoms with Crippen LogP contribution < -0.4 is 10.1 Å². The summed E-state index contributed by atoms with van der Waals surface area (Å²) in [4.78, 5) is 0. The maximum atomic E-state index is 9.89. The highest BCUT2D eigenvalue weighted by Crippen LogP contribution is 2.29. The van der Waals surface area contributed by atoms with Gasteiger partial charge in [-0.2, -0.15) is 0 Å². The van der Waals surface area contributed by atoms with Gasteiger partial charge >= 0.3 is 0 Å². The first kappa shape index (κ1) is 14.8. The number of aliphatic hydroxyl groups excluding tert-OH is 2. The number of nitrogens with one attached hydrogen (secondary N) is 1. The lowest BCUT2D eigenvalue weighted by atomic mass is 10.00. The quantitative estimate of drug-likeness (QED) is 0.604. The molecular formula is C13H21NO4. The third kappa shape index (κ3) is 3.35. The van der Waals surface area contributed by atoms with Crippen LogP contribution in [-0.2, 0) is 0 Å². The van der Waals surface area contributed by atoms with Gasteiger partial charge in [0.15, 0.2) is 0 Å². The molecule has 4 N–H and O–H groups in total. The fraction of sp³-hybridized carbons (Fsp3) is 0.538. The Labute approximate surface area is 107 Å². The minimum Gasteiger partial charge on any atom is -0.507 e. The number of hydrogen-bond acceptors (Lipinski definition) is 5. The van der Waals surface area contributed by atoms with E-state index in [2.05, 4.69) is 5.32 Å². The van der Waals surface area contributed by atoms with Gasteiger partial charge < -0.3 is 25.4 Å². The van der Waals surface area contributed by atoms with Gasteiger partial charge in [0.1, 0.15) is 11.5 Å². The number of ether oxygens (including phenoxy) is 1. The first-order valence-corrected chi connectivity index (χ1v) is 5.82. The molecule has 5 heteroatoms. The Morgan fingerprint density at radius 1 is 1.33 bits per heavy atom. The molecule has 1 rings (SSSR count). The van der Waals surface area contributed by atoms with Crippen molar-refractivity contribution in [2.75, 3.05) is 20.3 Å². The van der Waals surface area contributed by atoms with Crippen LogP contribution in [0.15, 0.2) is 18.2 Å². The summed E-state index contributed by atoms with van der Waals surface area (Å²) in [6, 6.07) is 4.83. The molecule has 0 heterocycles. The molecular weight excluding hydrogens is 234 g/mol. The second-order valence-corrected chi connectivity index (χ2v) is 4.67. The molecule has 0 radical (unpaired) electrons. The summed E-state index contributed by atoms with van der Waals surface area (Å²) >= 11 is 0. The van der Waals surface area contributed by atoms with Crippen LogP contribution in [0.5, 0.6) is 11.5 Å². The molecule has 18 heavy (non-hydrogen) atoms. The zero-order valence-electron chi connectivity index (χ0n) is 11.0. The number of aromatic hydroxyl groups is 1. The molecule has 1 aromatic carbocycles. The van der Waals surface area contributed by atoms with E-state index in [0.29, 0.717) is 11.3 Å². The standard InChI is InChI=1S/C13H21NO4/c1-9(14-13(2,7-15)8-16)11-5-4-10(18-3)6-12(11)17/h4-6,9,14-17H,7-8H2,1-3H3. The monoisotopic (exact) mass is 255 g/mol. The number of methoxy groups -OCH3 is 1. The maximum Gasteiger partial charge on any atom is 0.124 e. The third-order valence-corrected chi connectivity index (χ3v) is 2.97. The van der Waals surface area contributed by atoms with E-state index < -0.39 is 5.54 Å². The molecule has 0 amide bonds. The van der Waals surface area contributed by atoms with E-state index in [9.17, 15) is 15.3 Å². The zero-order valence-corrected chi connectivity index (χ0v) is 11.0. The Morgan fingerprint density at radius 2 is 1.94 bits per heavy atom. The number of hydrogen-bond donors (Lipinski definition) is 4. The van der Waals surface area contributed by atoms with Gasteiger partial charge in [-0.3, -0.25) is 0 Å². The van der Waals surface area contributed by atoms with Crippen molar-refractivity contribution in [3.05, 3.63) is 23.8 Å². The Morgan fingerprint density at radius 3 is 2.39 bits per heavy atom. The summed E-state index contributed by atoms with van der Waals surface area (Å²) in [6.45, 7) is 3.19. The summed E-state index contributed by atoms with van der Waals surface area (Å²) < 4.78 is 5.01. The molecule has 5 nitrogen and oxygen atoms in total. The molecule has 0 aliphatic carbocycles. The SMILES string of the molecule is COc1ccc(C(C)NC(C)(CO)CO)c(O)c1. The van der Waals surface area contributed by atoms with Crippen molar-refractivity contribution in [2.24, 2.45) is 0 Å². The van der Waals surface area contributed by atoms with Crippen LogP contribution in [0.3, 0.4) is 0 Å². The Kier molecular flexibility index (Phi) is 4.95. The van der Waals surface area contributed by atoms with E-state index in [0.717, 1.165) is 0 Å². The second-order valence-electron chi connectivity index (χ2n) is 4.67. The van der Waals surface area contributed by atoms with Crippen LogP contribution in [0, 0.1) is 0 Å². The minimum atomic E-state index is -0.786. The van der Waals surface area contributed by atoms with E-state index in [1.54, 1.807) is 19.1 Å². The van der Waals surface area contributed by atoms with E-state index in [4.69, 9.17) is 4.74 Å². The molecule has 1 unspecified atom stereocenters. The van der Waals surface area contributed by atoms with Crippen molar-refractivity contribution >= 4 is 0 Å². The lowest BCUT2D eigenvalue weighted by molar-refractivity contribution is 0.0954. The topological polar surface area (TPSA) is 82.0 Å². The normalized spacial score (nSPS) is 13.4. The van der Waals surface area contributed by atoms with Gasteiger partial charge in [0.2, 0.25) is 0 Å². The van der Waals surface area contributed by atoms with Gasteiger partial charge in [0.05, 0.1) is 25.9 Å². The smallest absolute Gasteiger partial charge is 0.124 e. The molecule has 0 spiro atoms. The lowest BCUT2D eigenvalue weighted by Gasteiger charge is -2.30. The summed E-state index contributed by atoms with van der Waals surface area (Å²) in [5, 5.41) is 31.4. The number of phenolic OH excluding ortho intramolecular Hbond substituents is 1. The summed E-state index contributed by atoms with van der Waals surface area (Å²) in [5.74, 6) is 0.697. The first-order chi connectivity index (χ1) is 8.45. The average Bonchev–Trinajstić information content (AvgIpc) is 2.38. The van der Waals surface area contributed by atoms with Gasteiger partial charge in [-0.1, -0.05) is 6.07 Å². The van der Waals surface area contributed by atoms with Gasteiger partial charge in [0.25, 0.3) is 0 Å². The molecule has 0 bridgehead atoms. The van der Waals surface area contributed by atoms with Crippen molar-refractivity contribution in [2.45, 2.75) is 25.4 Å². The molecule has 0 aromatic heterocycles. The molecule has 0 fully saturated rings. The lowest BCUT2D eigenvalue weighted by Crippen LogP contribution is -2.49. The van der Waals surface area contributed by atoms with Crippen LogP contribution >= 0.6 is 0 Å². The average molecular weight is 255 g/mol. The Bertz CT molecular complexity index is 391. The largest absolute Gasteiger partial charge is 0.507 e. The second kappa shape index (κ2) is 6.04. The summed E-state index contributed by atoms with van der Waals surface area (Å²) in [5.41, 5.74) is -0.102. The van der Waals surface area contributed by atoms with Crippen molar-refractivity contribution in [3.8, 4) is 11.5 Å². The van der Waals surface area contributed by atoms with E-state index in [1.165, 1.54) is 13.2 Å². The number of phenols is 1. The Hall–Kier alpha value is -1.30. The molecule has 102 valence electrons. The van der Waals surface area contributed by atoms with E-state index >= 15 is 0 Å². The van der Waals surface area contributed by atoms with Crippen LogP contribution in [0.2, 0.25) is 0 Å². The first-order valence-electron chi connectivity index (χ1n) is 5.82. The molecule has 0 aliphatic rings. The summed E-state index contributed by atoms with van der Waals surface area (Å²) in [7, 11) is 1.53. The highest BCUT2D eigenvalue weighted by atomic mass is 16.5. The number of benzene rings is 1. The highest BCUT2D eigenvalue weighted by Gasteiger charge is 2.25. The van der Waals surface area contributed by atoms with Crippen LogP contribution in [0.4, 0.5) is 0 Å². The van der Waals surface area contributed by atoms with Crippen LogP contribution in [-0.4, -0.2) is 41.2 Å². The van der Waals surface area contributed by atoms with Gasteiger partial charge in [-0.15, -0.1) is 0 Å². The predicted molar refractivity (Wildman–Crippen MR) is 68.8 cm³/mol. The van der Waals surface area contributed by atoms with Gasteiger partial charge in [-0.05, 0) is 19.9 Å². The van der Waals surface area contributed by atoms with E-state index in [-0.39, 0.29) is 25.0 Å². The fourth-order valence-corrected chi connectivity index (χ4v) is 1.76. The maximum absolute atomic E-state index is 9.89. The predicted octanol–water partition coefficient (Wildman–Crippen LogP) is 0.795. The van der Waals surface area contributed by atoms with Crippen molar-refractivity contribution in [3.63, 3.8) is 0 Å². The van der Waals surface area contributed by atoms with Gasteiger partial charge in [0, 0.05) is 17.7 Å². The molecule has 0 saturated heterocycles. The Balaban J connectivity index is 2.87. The molecule has 1 aromatic rings. The number of rotatable bonds is 6. The summed E-state index contributed by atoms with van der Waals surface area (Å²) in [6.07, 6.45) is 0. The van der Waals surface area contributed by atoms with Crippen LogP contribution in [0.25, 0.3) is 0 Å². The minimum absolute atomic E-state index is 0.118. The molecule has 1 atom stereocenters. The zero-order chi connectivity index (χ0) is 13.8. The van der Waals surface area contributed by atoms with Gasteiger partial charge in [-0.25, -0.2) is 0 Å². The fourth-order valence-electron chi connectivity index (χ4n) is 1.76. The van der Waals surface area contributed by atoms with E-state index in [1.807, 2.05) is 6.92 Å². The van der Waals surface area contributed by atoms with Crippen molar-refractivity contribution in [1.29, 1.82) is 0 Å². The molecule has 0 saturated carbocycles. The van der Waals surface area contributed by atoms with Crippen molar-refractivity contribution in [1.82, 2.24) is 5.32 Å². The molecule has 0 aliphatic heterocycles.